The molecular weight excluding hydrogens is 514 g/mol. The van der Waals surface area contributed by atoms with Crippen molar-refractivity contribution >= 4 is 28.3 Å². The lowest BCUT2D eigenvalue weighted by molar-refractivity contribution is -0.260. The van der Waals surface area contributed by atoms with E-state index >= 15 is 0 Å². The number of benzene rings is 1. The van der Waals surface area contributed by atoms with Crippen LogP contribution >= 0.6 is 11.3 Å². The molecule has 0 aliphatic heterocycles. The van der Waals surface area contributed by atoms with Crippen molar-refractivity contribution in [1.29, 1.82) is 0 Å². The van der Waals surface area contributed by atoms with Crippen LogP contribution in [0.3, 0.4) is 0 Å². The molecule has 1 amide bonds. The summed E-state index contributed by atoms with van der Waals surface area (Å²) in [6, 6.07) is 6.42. The lowest BCUT2D eigenvalue weighted by Gasteiger charge is -2.53. The van der Waals surface area contributed by atoms with Crippen LogP contribution in [0.2, 0.25) is 0 Å². The number of anilines is 1. The third-order valence-corrected chi connectivity index (χ3v) is 10.3. The second-order valence-corrected chi connectivity index (χ2v) is 13.4. The molecule has 2 fully saturated rings. The lowest BCUT2D eigenvalue weighted by atomic mass is 9.53. The maximum absolute atomic E-state index is 12.9. The second-order valence-electron chi connectivity index (χ2n) is 12.2. The minimum absolute atomic E-state index is 0.0588. The van der Waals surface area contributed by atoms with Gasteiger partial charge in [-0.3, -0.25) is 14.5 Å². The van der Waals surface area contributed by atoms with Gasteiger partial charge in [-0.15, -0.1) is 11.3 Å². The Balaban J connectivity index is 1.41. The van der Waals surface area contributed by atoms with Gasteiger partial charge in [0.1, 0.15) is 5.75 Å². The van der Waals surface area contributed by atoms with Crippen molar-refractivity contribution in [2.45, 2.75) is 70.5 Å². The molecule has 6 atom stereocenters. The normalized spacial score (nSPS) is 31.3. The molecule has 0 saturated heterocycles. The number of methoxy groups -OCH3 is 1. The number of thiazole rings is 1. The summed E-state index contributed by atoms with van der Waals surface area (Å²) < 4.78 is 11.4. The van der Waals surface area contributed by atoms with E-state index < -0.39 is 17.2 Å². The largest absolute Gasteiger partial charge is 0.497 e. The number of fused-ring (bicyclic) bond motifs is 5. The van der Waals surface area contributed by atoms with Gasteiger partial charge in [-0.25, -0.2) is 4.98 Å². The number of carbonyl (C=O) groups excluding carboxylic acids is 2. The zero-order valence-corrected chi connectivity index (χ0v) is 24.5. The number of ether oxygens (including phenoxy) is 2. The highest BCUT2D eigenvalue weighted by Crippen LogP contribution is 2.67. The first-order valence-electron chi connectivity index (χ1n) is 14.0. The summed E-state index contributed by atoms with van der Waals surface area (Å²) in [4.78, 5) is 32.7. The number of amides is 1. The number of rotatable bonds is 8. The molecule has 1 aromatic heterocycles. The van der Waals surface area contributed by atoms with Gasteiger partial charge in [-0.2, -0.15) is 0 Å². The molecule has 5 rings (SSSR count). The van der Waals surface area contributed by atoms with Crippen molar-refractivity contribution in [3.8, 4) is 5.75 Å². The maximum atomic E-state index is 12.9. The molecule has 1 heterocycles. The molecule has 0 radical (unpaired) electrons. The van der Waals surface area contributed by atoms with E-state index in [-0.39, 0.29) is 24.3 Å². The smallest absolute Gasteiger partial charge is 0.322 e. The summed E-state index contributed by atoms with van der Waals surface area (Å²) in [5.74, 6) is -0.225. The van der Waals surface area contributed by atoms with Crippen LogP contribution < -0.4 is 10.1 Å². The molecule has 3 unspecified atom stereocenters. The van der Waals surface area contributed by atoms with E-state index in [1.165, 1.54) is 22.5 Å². The van der Waals surface area contributed by atoms with Crippen molar-refractivity contribution < 1.29 is 24.2 Å². The van der Waals surface area contributed by atoms with Crippen molar-refractivity contribution in [1.82, 2.24) is 9.88 Å². The van der Waals surface area contributed by atoms with Crippen molar-refractivity contribution in [2.75, 3.05) is 33.1 Å². The van der Waals surface area contributed by atoms with Gasteiger partial charge in [0.05, 0.1) is 13.7 Å². The first-order chi connectivity index (χ1) is 18.5. The average Bonchev–Trinajstić information content (AvgIpc) is 3.38. The third-order valence-electron chi connectivity index (χ3n) is 9.46. The van der Waals surface area contributed by atoms with E-state index in [2.05, 4.69) is 29.4 Å². The van der Waals surface area contributed by atoms with Gasteiger partial charge in [0.15, 0.2) is 5.13 Å². The van der Waals surface area contributed by atoms with E-state index in [0.717, 1.165) is 36.3 Å². The van der Waals surface area contributed by atoms with Crippen LogP contribution in [0.1, 0.15) is 67.4 Å². The Kier molecular flexibility index (Phi) is 7.79. The summed E-state index contributed by atoms with van der Waals surface area (Å²) in [5.41, 5.74) is 2.15. The van der Waals surface area contributed by atoms with Crippen molar-refractivity contribution in [2.24, 2.45) is 23.2 Å². The average molecular weight is 556 g/mol. The fraction of sp³-hybridized carbons (Fsp3) is 0.633. The highest BCUT2D eigenvalue weighted by molar-refractivity contribution is 7.15. The summed E-state index contributed by atoms with van der Waals surface area (Å²) in [7, 11) is 5.33. The third kappa shape index (κ3) is 5.33. The van der Waals surface area contributed by atoms with Crippen LogP contribution in [-0.4, -0.2) is 60.4 Å². The second kappa shape index (κ2) is 10.8. The standard InChI is InChI=1S/C30H41N3O5S/c1-18-16-31-28(39-18)32-25(34)11-7-20-15-30(36,38-26(35)17-33(3)4)29(2)13-12-23-22-10-8-21(37-5)14-19(22)6-9-24(23)27(20)29/h8,10,14,16,20,23-24,27,36H,6-7,9,11-13,15,17H2,1-5H3,(H,31,32,34)/t20-,23?,24?,27?,29+,30+/m1/s1. The molecular formula is C30H41N3O5S. The molecule has 2 aromatic rings. The van der Waals surface area contributed by atoms with Crippen LogP contribution in [0.15, 0.2) is 24.4 Å². The molecule has 2 saturated carbocycles. The van der Waals surface area contributed by atoms with E-state index in [0.29, 0.717) is 36.2 Å². The summed E-state index contributed by atoms with van der Waals surface area (Å²) in [5, 5.41) is 15.6. The Morgan fingerprint density at radius 2 is 2.08 bits per heavy atom. The number of aryl methyl sites for hydroxylation is 2. The van der Waals surface area contributed by atoms with Gasteiger partial charge in [0.25, 0.3) is 0 Å². The van der Waals surface area contributed by atoms with Gasteiger partial charge in [-0.1, -0.05) is 13.0 Å². The fourth-order valence-corrected chi connectivity index (χ4v) is 8.49. The number of carbonyl (C=O) groups is 2. The molecule has 3 aliphatic rings. The minimum atomic E-state index is -1.55. The van der Waals surface area contributed by atoms with Gasteiger partial charge in [0, 0.05) is 29.3 Å². The first-order valence-corrected chi connectivity index (χ1v) is 14.8. The van der Waals surface area contributed by atoms with Crippen LogP contribution in [0.5, 0.6) is 5.75 Å². The van der Waals surface area contributed by atoms with Gasteiger partial charge in [-0.05, 0) is 100 Å². The van der Waals surface area contributed by atoms with Crippen LogP contribution in [-0.2, 0) is 20.7 Å². The number of hydrogen-bond donors (Lipinski definition) is 2. The SMILES string of the molecule is COc1ccc2c(c1)CCC1C2CC[C@@]2(C)C1[C@H](CCC(=O)Nc1ncc(C)s1)C[C@]2(O)OC(=O)CN(C)C. The van der Waals surface area contributed by atoms with Gasteiger partial charge < -0.3 is 19.9 Å². The molecule has 9 heteroatoms. The number of hydrogen-bond acceptors (Lipinski definition) is 8. The molecule has 1 aromatic carbocycles. The van der Waals surface area contributed by atoms with Crippen molar-refractivity contribution in [3.63, 3.8) is 0 Å². The predicted octanol–water partition coefficient (Wildman–Crippen LogP) is 4.75. The molecule has 8 nitrogen and oxygen atoms in total. The number of aromatic nitrogens is 1. The first kappa shape index (κ1) is 28.1. The molecule has 39 heavy (non-hydrogen) atoms. The topological polar surface area (TPSA) is 101 Å². The number of esters is 1. The zero-order valence-electron chi connectivity index (χ0n) is 23.7. The number of aliphatic hydroxyl groups is 1. The van der Waals surface area contributed by atoms with E-state index in [1.807, 2.05) is 27.1 Å². The number of nitrogens with zero attached hydrogens (tertiary/aromatic N) is 2. The Hall–Kier alpha value is -2.49. The lowest BCUT2D eigenvalue weighted by Crippen LogP contribution is -2.53. The Labute approximate surface area is 235 Å². The molecule has 212 valence electrons. The fourth-order valence-electron chi connectivity index (χ4n) is 7.81. The molecule has 0 spiro atoms. The Morgan fingerprint density at radius 3 is 2.77 bits per heavy atom. The van der Waals surface area contributed by atoms with Crippen LogP contribution in [0, 0.1) is 30.1 Å². The van der Waals surface area contributed by atoms with Gasteiger partial charge in [0.2, 0.25) is 11.7 Å². The van der Waals surface area contributed by atoms with E-state index in [9.17, 15) is 14.7 Å². The zero-order chi connectivity index (χ0) is 27.9. The monoisotopic (exact) mass is 555 g/mol. The quantitative estimate of drug-likeness (QED) is 0.358. The summed E-state index contributed by atoms with van der Waals surface area (Å²) in [6.45, 7) is 4.19. The van der Waals surface area contributed by atoms with E-state index in [1.54, 1.807) is 18.2 Å². The van der Waals surface area contributed by atoms with Gasteiger partial charge >= 0.3 is 5.97 Å². The molecule has 0 bridgehead atoms. The van der Waals surface area contributed by atoms with E-state index in [4.69, 9.17) is 9.47 Å². The summed E-state index contributed by atoms with van der Waals surface area (Å²) >= 11 is 1.46. The Bertz CT molecular complexity index is 1230. The Morgan fingerprint density at radius 1 is 1.28 bits per heavy atom. The van der Waals surface area contributed by atoms with Crippen LogP contribution in [0.4, 0.5) is 5.13 Å². The van der Waals surface area contributed by atoms with Crippen molar-refractivity contribution in [3.05, 3.63) is 40.4 Å². The highest BCUT2D eigenvalue weighted by Gasteiger charge is 2.67. The predicted molar refractivity (Wildman–Crippen MR) is 151 cm³/mol. The highest BCUT2D eigenvalue weighted by atomic mass is 32.1. The summed E-state index contributed by atoms with van der Waals surface area (Å²) in [6.07, 6.45) is 6.73. The molecule has 3 aliphatic carbocycles. The maximum Gasteiger partial charge on any atom is 0.322 e. The number of likely N-dealkylation sites (N-methyl/N-ethyl adjacent to an activating group) is 1. The number of nitrogens with one attached hydrogen (secondary N) is 1. The van der Waals surface area contributed by atoms with Crippen LogP contribution in [0.25, 0.3) is 0 Å². The minimum Gasteiger partial charge on any atom is -0.497 e. The molecule has 2 N–H and O–H groups in total.